The summed E-state index contributed by atoms with van der Waals surface area (Å²) in [5.41, 5.74) is 1.24. The highest BCUT2D eigenvalue weighted by Crippen LogP contribution is 2.25. The number of sulfonamides is 1. The second-order valence-electron chi connectivity index (χ2n) is 5.50. The van der Waals surface area contributed by atoms with E-state index in [1.807, 2.05) is 0 Å². The molecule has 0 aliphatic rings. The number of aryl methyl sites for hydroxylation is 1. The Morgan fingerprint density at radius 3 is 2.56 bits per heavy atom. The number of carbonyl (C=O) groups excluding carboxylic acids is 1. The fourth-order valence-electron chi connectivity index (χ4n) is 2.16. The van der Waals surface area contributed by atoms with Gasteiger partial charge in [0.1, 0.15) is 10.6 Å². The van der Waals surface area contributed by atoms with E-state index in [2.05, 4.69) is 10.0 Å². The topological polar surface area (TPSA) is 84.5 Å². The van der Waals surface area contributed by atoms with Crippen molar-refractivity contribution < 1.29 is 17.9 Å². The number of carbonyl (C=O) groups is 1. The van der Waals surface area contributed by atoms with E-state index in [9.17, 15) is 13.2 Å². The highest BCUT2D eigenvalue weighted by atomic mass is 35.5. The summed E-state index contributed by atoms with van der Waals surface area (Å²) in [6.07, 6.45) is 0. The van der Waals surface area contributed by atoms with E-state index in [1.54, 1.807) is 43.3 Å². The van der Waals surface area contributed by atoms with Crippen molar-refractivity contribution in [3.63, 3.8) is 0 Å². The third-order valence-electron chi connectivity index (χ3n) is 3.43. The van der Waals surface area contributed by atoms with Crippen LogP contribution in [0, 0.1) is 6.92 Å². The first kappa shape index (κ1) is 19.2. The second-order valence-corrected chi connectivity index (χ2v) is 7.62. The average Bonchev–Trinajstić information content (AvgIpc) is 2.54. The molecule has 2 rings (SSSR count). The molecular weight excluding hydrogens is 364 g/mol. The van der Waals surface area contributed by atoms with Gasteiger partial charge >= 0.3 is 0 Å². The van der Waals surface area contributed by atoms with Crippen LogP contribution < -0.4 is 14.8 Å². The summed E-state index contributed by atoms with van der Waals surface area (Å²) < 4.78 is 32.6. The molecule has 1 atom stereocenters. The van der Waals surface area contributed by atoms with Crippen LogP contribution in [0.15, 0.2) is 47.4 Å². The fourth-order valence-corrected chi connectivity index (χ4v) is 3.81. The molecule has 0 spiro atoms. The number of hydrogen-bond acceptors (Lipinski definition) is 4. The largest absolute Gasteiger partial charge is 0.495 e. The molecule has 8 heteroatoms. The van der Waals surface area contributed by atoms with Gasteiger partial charge < -0.3 is 10.1 Å². The molecule has 2 aromatic rings. The van der Waals surface area contributed by atoms with E-state index in [0.717, 1.165) is 5.56 Å². The molecule has 0 saturated heterocycles. The number of halogens is 1. The molecule has 0 fully saturated rings. The molecule has 2 aromatic carbocycles. The van der Waals surface area contributed by atoms with E-state index in [1.165, 1.54) is 20.1 Å². The van der Waals surface area contributed by atoms with Crippen molar-refractivity contribution in [2.75, 3.05) is 12.4 Å². The van der Waals surface area contributed by atoms with Crippen molar-refractivity contribution in [3.05, 3.63) is 53.1 Å². The summed E-state index contributed by atoms with van der Waals surface area (Å²) >= 11 is 5.87. The fraction of sp³-hybridized carbons (Fsp3) is 0.235. The zero-order chi connectivity index (χ0) is 18.6. The molecule has 1 amide bonds. The number of anilines is 1. The van der Waals surface area contributed by atoms with Gasteiger partial charge in [0, 0.05) is 10.7 Å². The lowest BCUT2D eigenvalue weighted by molar-refractivity contribution is -0.117. The lowest BCUT2D eigenvalue weighted by atomic mass is 10.2. The van der Waals surface area contributed by atoms with Crippen LogP contribution in [0.3, 0.4) is 0 Å². The van der Waals surface area contributed by atoms with Gasteiger partial charge in [0.25, 0.3) is 0 Å². The number of rotatable bonds is 6. The quantitative estimate of drug-likeness (QED) is 0.804. The van der Waals surface area contributed by atoms with Crippen molar-refractivity contribution in [1.29, 1.82) is 0 Å². The predicted molar refractivity (Wildman–Crippen MR) is 97.6 cm³/mol. The Labute approximate surface area is 152 Å². The lowest BCUT2D eigenvalue weighted by Crippen LogP contribution is -2.41. The predicted octanol–water partition coefficient (Wildman–Crippen LogP) is 2.96. The van der Waals surface area contributed by atoms with Crippen LogP contribution in [0.25, 0.3) is 0 Å². The van der Waals surface area contributed by atoms with Gasteiger partial charge in [0.05, 0.1) is 13.2 Å². The van der Waals surface area contributed by atoms with Gasteiger partial charge in [-0.15, -0.1) is 0 Å². The maximum atomic E-state index is 12.6. The number of benzene rings is 2. The molecule has 0 saturated carbocycles. The van der Waals surface area contributed by atoms with Crippen LogP contribution in [0.2, 0.25) is 5.02 Å². The molecule has 0 unspecified atom stereocenters. The normalized spacial score (nSPS) is 12.5. The van der Waals surface area contributed by atoms with Crippen LogP contribution in [0.5, 0.6) is 5.75 Å². The molecule has 0 aliphatic heterocycles. The Hall–Kier alpha value is -2.09. The van der Waals surface area contributed by atoms with Gasteiger partial charge in [-0.1, -0.05) is 23.7 Å². The van der Waals surface area contributed by atoms with E-state index >= 15 is 0 Å². The van der Waals surface area contributed by atoms with Gasteiger partial charge in [0.15, 0.2) is 0 Å². The number of ether oxygens (including phenoxy) is 1. The zero-order valence-electron chi connectivity index (χ0n) is 14.0. The monoisotopic (exact) mass is 382 g/mol. The zero-order valence-corrected chi connectivity index (χ0v) is 15.6. The van der Waals surface area contributed by atoms with Gasteiger partial charge in [-0.3, -0.25) is 4.79 Å². The van der Waals surface area contributed by atoms with Gasteiger partial charge in [-0.25, -0.2) is 8.42 Å². The highest BCUT2D eigenvalue weighted by molar-refractivity contribution is 7.89. The summed E-state index contributed by atoms with van der Waals surface area (Å²) in [6.45, 7) is 3.23. The number of amides is 1. The van der Waals surface area contributed by atoms with Crippen LogP contribution in [-0.4, -0.2) is 27.5 Å². The Morgan fingerprint density at radius 2 is 1.92 bits per heavy atom. The maximum Gasteiger partial charge on any atom is 0.244 e. The third kappa shape index (κ3) is 4.94. The molecule has 0 radical (unpaired) electrons. The minimum Gasteiger partial charge on any atom is -0.495 e. The molecule has 0 aliphatic carbocycles. The number of hydrogen-bond donors (Lipinski definition) is 2. The minimum atomic E-state index is -3.93. The molecule has 2 N–H and O–H groups in total. The Morgan fingerprint density at radius 1 is 1.20 bits per heavy atom. The van der Waals surface area contributed by atoms with E-state index in [0.29, 0.717) is 10.7 Å². The molecular formula is C17H19ClN2O4S. The van der Waals surface area contributed by atoms with Crippen molar-refractivity contribution in [2.45, 2.75) is 24.8 Å². The second kappa shape index (κ2) is 7.86. The van der Waals surface area contributed by atoms with Crippen LogP contribution >= 0.6 is 11.6 Å². The van der Waals surface area contributed by atoms with Crippen LogP contribution in [0.1, 0.15) is 12.5 Å². The molecule has 0 aromatic heterocycles. The Balaban J connectivity index is 2.17. The average molecular weight is 383 g/mol. The van der Waals surface area contributed by atoms with E-state index in [-0.39, 0.29) is 10.6 Å². The van der Waals surface area contributed by atoms with Crippen molar-refractivity contribution in [3.8, 4) is 5.75 Å². The minimum absolute atomic E-state index is 0.0163. The molecule has 0 bridgehead atoms. The standard InChI is InChI=1S/C17H19ClN2O4S/c1-11-7-8-15(24-3)16(9-11)25(22,23)20-12(2)17(21)19-14-6-4-5-13(18)10-14/h4-10,12,20H,1-3H3,(H,19,21)/t12-/m0/s1. The van der Waals surface area contributed by atoms with Crippen molar-refractivity contribution in [1.82, 2.24) is 4.72 Å². The van der Waals surface area contributed by atoms with Gasteiger partial charge in [-0.05, 0) is 49.7 Å². The lowest BCUT2D eigenvalue weighted by Gasteiger charge is -2.16. The summed E-state index contributed by atoms with van der Waals surface area (Å²) in [6, 6.07) is 10.4. The Kier molecular flexibility index (Phi) is 6.05. The number of methoxy groups -OCH3 is 1. The first-order chi connectivity index (χ1) is 11.7. The highest BCUT2D eigenvalue weighted by Gasteiger charge is 2.25. The first-order valence-electron chi connectivity index (χ1n) is 7.46. The molecule has 134 valence electrons. The SMILES string of the molecule is COc1ccc(C)cc1S(=O)(=O)N[C@@H](C)C(=O)Nc1cccc(Cl)c1. The summed E-state index contributed by atoms with van der Waals surface area (Å²) in [4.78, 5) is 12.2. The van der Waals surface area contributed by atoms with E-state index in [4.69, 9.17) is 16.3 Å². The van der Waals surface area contributed by atoms with Crippen LogP contribution in [0.4, 0.5) is 5.69 Å². The van der Waals surface area contributed by atoms with Gasteiger partial charge in [0.2, 0.25) is 15.9 Å². The Bertz CT molecular complexity index is 884. The first-order valence-corrected chi connectivity index (χ1v) is 9.32. The molecule has 0 heterocycles. The van der Waals surface area contributed by atoms with Crippen molar-refractivity contribution >= 4 is 33.2 Å². The third-order valence-corrected chi connectivity index (χ3v) is 5.22. The van der Waals surface area contributed by atoms with Gasteiger partial charge in [-0.2, -0.15) is 4.72 Å². The molecule has 6 nitrogen and oxygen atoms in total. The summed E-state index contributed by atoms with van der Waals surface area (Å²) in [5.74, 6) is -0.294. The number of nitrogens with one attached hydrogen (secondary N) is 2. The van der Waals surface area contributed by atoms with Crippen molar-refractivity contribution in [2.24, 2.45) is 0 Å². The maximum absolute atomic E-state index is 12.6. The van der Waals surface area contributed by atoms with Crippen LogP contribution in [-0.2, 0) is 14.8 Å². The van der Waals surface area contributed by atoms with E-state index < -0.39 is 22.0 Å². The summed E-state index contributed by atoms with van der Waals surface area (Å²) in [7, 11) is -2.54. The summed E-state index contributed by atoms with van der Waals surface area (Å²) in [5, 5.41) is 3.08. The molecule has 25 heavy (non-hydrogen) atoms. The smallest absolute Gasteiger partial charge is 0.244 e.